The summed E-state index contributed by atoms with van der Waals surface area (Å²) in [6, 6.07) is 18.2. The van der Waals surface area contributed by atoms with Crippen molar-refractivity contribution in [2.24, 2.45) is 11.8 Å². The summed E-state index contributed by atoms with van der Waals surface area (Å²) in [7, 11) is 0. The number of halogens is 1. The van der Waals surface area contributed by atoms with Gasteiger partial charge in [0.2, 0.25) is 0 Å². The zero-order valence-corrected chi connectivity index (χ0v) is 16.0. The summed E-state index contributed by atoms with van der Waals surface area (Å²) in [6.07, 6.45) is 3.95. The van der Waals surface area contributed by atoms with E-state index >= 15 is 0 Å². The number of fused-ring (bicyclic) bond motifs is 3. The molecule has 0 radical (unpaired) electrons. The van der Waals surface area contributed by atoms with Gasteiger partial charge in [-0.05, 0) is 74.0 Å². The molecule has 3 nitrogen and oxygen atoms in total. The number of ether oxygens (including phenoxy) is 2. The molecule has 3 aliphatic rings. The number of benzene rings is 2. The van der Waals surface area contributed by atoms with Crippen LogP contribution in [0.2, 0.25) is 0 Å². The number of nitrogens with zero attached hydrogens (tertiary/aromatic N) is 1. The lowest BCUT2D eigenvalue weighted by Crippen LogP contribution is -2.47. The van der Waals surface area contributed by atoms with Gasteiger partial charge in [0.05, 0.1) is 6.61 Å². The zero-order valence-electron chi connectivity index (χ0n) is 15.2. The lowest BCUT2D eigenvalue weighted by molar-refractivity contribution is 0.0397. The van der Waals surface area contributed by atoms with Crippen molar-refractivity contribution in [1.82, 2.24) is 4.90 Å². The van der Waals surface area contributed by atoms with E-state index in [1.165, 1.54) is 44.5 Å². The van der Waals surface area contributed by atoms with Crippen LogP contribution in [0.25, 0.3) is 0 Å². The number of piperidine rings is 3. The van der Waals surface area contributed by atoms with Gasteiger partial charge in [-0.25, -0.2) is 0 Å². The monoisotopic (exact) mass is 373 g/mol. The summed E-state index contributed by atoms with van der Waals surface area (Å²) in [4.78, 5) is 2.61. The molecule has 0 aromatic heterocycles. The molecule has 0 amide bonds. The van der Waals surface area contributed by atoms with Crippen molar-refractivity contribution in [3.8, 4) is 11.5 Å². The van der Waals surface area contributed by atoms with Crippen molar-refractivity contribution < 1.29 is 9.47 Å². The summed E-state index contributed by atoms with van der Waals surface area (Å²) < 4.78 is 11.8. The molecule has 5 rings (SSSR count). The van der Waals surface area contributed by atoms with Crippen molar-refractivity contribution in [2.75, 3.05) is 26.2 Å². The molecule has 3 fully saturated rings. The third-order valence-corrected chi connectivity index (χ3v) is 5.62. The minimum absolute atomic E-state index is 0. The molecule has 3 aliphatic heterocycles. The highest BCUT2D eigenvalue weighted by Gasteiger charge is 2.33. The van der Waals surface area contributed by atoms with E-state index in [0.717, 1.165) is 29.9 Å². The molecule has 26 heavy (non-hydrogen) atoms. The second kappa shape index (κ2) is 9.29. The van der Waals surface area contributed by atoms with Crippen molar-refractivity contribution in [2.45, 2.75) is 25.9 Å². The Kier molecular flexibility index (Phi) is 6.81. The summed E-state index contributed by atoms with van der Waals surface area (Å²) in [5.74, 6) is 3.58. The minimum Gasteiger partial charge on any atom is -0.494 e. The topological polar surface area (TPSA) is 21.7 Å². The van der Waals surface area contributed by atoms with Crippen molar-refractivity contribution in [3.63, 3.8) is 0 Å². The number of hydrogen-bond acceptors (Lipinski definition) is 3. The average Bonchev–Trinajstić information content (AvgIpc) is 2.69. The summed E-state index contributed by atoms with van der Waals surface area (Å²) in [5.41, 5.74) is 1.18. The molecule has 140 valence electrons. The molecule has 0 N–H and O–H groups in total. The van der Waals surface area contributed by atoms with Crippen LogP contribution in [0.1, 0.15) is 24.8 Å². The van der Waals surface area contributed by atoms with Gasteiger partial charge >= 0.3 is 0 Å². The molecule has 0 aliphatic carbocycles. The van der Waals surface area contributed by atoms with Crippen LogP contribution in [0.5, 0.6) is 11.5 Å². The largest absolute Gasteiger partial charge is 0.494 e. The van der Waals surface area contributed by atoms with Crippen molar-refractivity contribution in [3.05, 3.63) is 60.2 Å². The van der Waals surface area contributed by atoms with Crippen LogP contribution < -0.4 is 9.47 Å². The van der Waals surface area contributed by atoms with Gasteiger partial charge in [-0.1, -0.05) is 30.3 Å². The predicted octanol–water partition coefficient (Wildman–Crippen LogP) is 4.80. The van der Waals surface area contributed by atoms with Gasteiger partial charge in [-0.2, -0.15) is 0 Å². The van der Waals surface area contributed by atoms with Crippen molar-refractivity contribution in [1.29, 1.82) is 0 Å². The summed E-state index contributed by atoms with van der Waals surface area (Å²) in [6.45, 7) is 5.32. The highest BCUT2D eigenvalue weighted by atomic mass is 35.5. The van der Waals surface area contributed by atoms with E-state index in [1.54, 1.807) is 0 Å². The van der Waals surface area contributed by atoms with Gasteiger partial charge in [0.25, 0.3) is 0 Å². The van der Waals surface area contributed by atoms with Crippen LogP contribution in [-0.2, 0) is 6.61 Å². The highest BCUT2D eigenvalue weighted by Crippen LogP contribution is 2.34. The van der Waals surface area contributed by atoms with Gasteiger partial charge in [0, 0.05) is 6.54 Å². The molecule has 2 aromatic rings. The Hall–Kier alpha value is -1.71. The quantitative estimate of drug-likeness (QED) is 0.696. The first kappa shape index (κ1) is 19.1. The first-order chi connectivity index (χ1) is 12.4. The zero-order chi connectivity index (χ0) is 16.9. The van der Waals surface area contributed by atoms with Crippen molar-refractivity contribution >= 4 is 12.4 Å². The fourth-order valence-corrected chi connectivity index (χ4v) is 4.12. The molecular weight excluding hydrogens is 346 g/mol. The van der Waals surface area contributed by atoms with E-state index in [-0.39, 0.29) is 12.4 Å². The first-order valence-corrected chi connectivity index (χ1v) is 9.49. The fourth-order valence-electron chi connectivity index (χ4n) is 4.12. The van der Waals surface area contributed by atoms with Gasteiger partial charge in [-0.15, -0.1) is 12.4 Å². The molecule has 3 saturated heterocycles. The molecular formula is C22H28ClNO2. The summed E-state index contributed by atoms with van der Waals surface area (Å²) >= 11 is 0. The van der Waals surface area contributed by atoms with Crippen LogP contribution in [0, 0.1) is 11.8 Å². The number of rotatable bonds is 7. The molecule has 3 heterocycles. The van der Waals surface area contributed by atoms with E-state index in [1.807, 2.05) is 42.5 Å². The Balaban J connectivity index is 0.00000196. The Bertz CT molecular complexity index is 654. The lowest BCUT2D eigenvalue weighted by atomic mass is 9.78. The van der Waals surface area contributed by atoms with E-state index < -0.39 is 0 Å². The van der Waals surface area contributed by atoms with Gasteiger partial charge < -0.3 is 14.4 Å². The molecule has 1 atom stereocenters. The molecule has 2 aromatic carbocycles. The Labute approximate surface area is 162 Å². The maximum atomic E-state index is 5.96. The van der Waals surface area contributed by atoms with Crippen LogP contribution in [-0.4, -0.2) is 31.1 Å². The fraction of sp³-hybridized carbons (Fsp3) is 0.455. The number of hydrogen-bond donors (Lipinski definition) is 0. The van der Waals surface area contributed by atoms with E-state index in [4.69, 9.17) is 9.47 Å². The van der Waals surface area contributed by atoms with Crippen LogP contribution in [0.3, 0.4) is 0 Å². The van der Waals surface area contributed by atoms with E-state index in [0.29, 0.717) is 6.61 Å². The van der Waals surface area contributed by atoms with Gasteiger partial charge in [-0.3, -0.25) is 0 Å². The molecule has 1 unspecified atom stereocenters. The van der Waals surface area contributed by atoms with Gasteiger partial charge in [0.1, 0.15) is 18.1 Å². The Morgan fingerprint density at radius 3 is 2.12 bits per heavy atom. The molecule has 4 heteroatoms. The van der Waals surface area contributed by atoms with Crippen LogP contribution in [0.15, 0.2) is 54.6 Å². The normalized spacial score (nSPS) is 23.9. The standard InChI is InChI=1S/C22H27NO2.ClH/c1-2-4-18(5-3-1)17-25-22-8-6-21(7-9-22)24-15-12-20-16-23-13-10-19(20)11-14-23;/h1-9,19-20H,10-17H2;1H. The second-order valence-corrected chi connectivity index (χ2v) is 7.28. The molecule has 0 saturated carbocycles. The van der Waals surface area contributed by atoms with Crippen LogP contribution in [0.4, 0.5) is 0 Å². The van der Waals surface area contributed by atoms with Crippen LogP contribution >= 0.6 is 12.4 Å². The maximum Gasteiger partial charge on any atom is 0.120 e. The third-order valence-electron chi connectivity index (χ3n) is 5.62. The average molecular weight is 374 g/mol. The Morgan fingerprint density at radius 2 is 1.50 bits per heavy atom. The lowest BCUT2D eigenvalue weighted by Gasteiger charge is -2.44. The van der Waals surface area contributed by atoms with Gasteiger partial charge in [0.15, 0.2) is 0 Å². The third kappa shape index (κ3) is 4.93. The maximum absolute atomic E-state index is 5.96. The highest BCUT2D eigenvalue weighted by molar-refractivity contribution is 5.85. The minimum atomic E-state index is 0. The molecule has 0 spiro atoms. The smallest absolute Gasteiger partial charge is 0.120 e. The van der Waals surface area contributed by atoms with E-state index in [9.17, 15) is 0 Å². The summed E-state index contributed by atoms with van der Waals surface area (Å²) in [5, 5.41) is 0. The Morgan fingerprint density at radius 1 is 0.846 bits per heavy atom. The first-order valence-electron chi connectivity index (χ1n) is 9.49. The SMILES string of the molecule is Cl.c1ccc(COc2ccc(OCCC3CN4CCC3CC4)cc2)cc1. The molecule has 2 bridgehead atoms. The second-order valence-electron chi connectivity index (χ2n) is 7.28. The van der Waals surface area contributed by atoms with E-state index in [2.05, 4.69) is 17.0 Å². The predicted molar refractivity (Wildman–Crippen MR) is 107 cm³/mol.